The Kier molecular flexibility index (Phi) is 55.5. The molecule has 0 aliphatic rings. The Hall–Kier alpha value is -4.22. The lowest BCUT2D eigenvalue weighted by molar-refractivity contribution is -0.162. The normalized spacial score (nSPS) is 13.4. The van der Waals surface area contributed by atoms with Gasteiger partial charge in [0.25, 0.3) is 0 Å². The molecule has 0 radical (unpaired) electrons. The second kappa shape index (κ2) is 59.1. The van der Waals surface area contributed by atoms with Crippen molar-refractivity contribution in [2.24, 2.45) is 0 Å². The molecule has 0 aliphatic carbocycles. The summed E-state index contributed by atoms with van der Waals surface area (Å²) in [5, 5.41) is 0. The molecule has 0 spiro atoms. The molecule has 0 aromatic rings. The van der Waals surface area contributed by atoms with E-state index in [-0.39, 0.29) is 31.6 Å². The molecule has 0 heterocycles. The first kappa shape index (κ1) is 65.8. The van der Waals surface area contributed by atoms with Gasteiger partial charge >= 0.3 is 11.9 Å². The number of unbranched alkanes of at least 4 members (excludes halogenated alkanes) is 15. The molecule has 0 aliphatic heterocycles. The minimum Gasteiger partial charge on any atom is -0.462 e. The molecular formula is C65H104O5. The number of rotatable bonds is 50. The zero-order valence-electron chi connectivity index (χ0n) is 45.2. The van der Waals surface area contributed by atoms with E-state index in [0.29, 0.717) is 25.9 Å². The number of carbonyl (C=O) groups excluding carboxylic acids is 2. The molecule has 0 bridgehead atoms. The van der Waals surface area contributed by atoms with E-state index < -0.39 is 6.10 Å². The summed E-state index contributed by atoms with van der Waals surface area (Å²) in [6, 6.07) is 0. The average molecular weight is 966 g/mol. The number of hydrogen-bond donors (Lipinski definition) is 0. The summed E-state index contributed by atoms with van der Waals surface area (Å²) in [4.78, 5) is 25.5. The molecule has 0 saturated carbocycles. The summed E-state index contributed by atoms with van der Waals surface area (Å²) >= 11 is 0. The lowest BCUT2D eigenvalue weighted by atomic mass is 10.1. The zero-order chi connectivity index (χ0) is 50.6. The Morgan fingerprint density at radius 2 is 0.671 bits per heavy atom. The van der Waals surface area contributed by atoms with Gasteiger partial charge in [-0.25, -0.2) is 0 Å². The molecule has 0 aromatic carbocycles. The van der Waals surface area contributed by atoms with Crippen LogP contribution in [0.1, 0.15) is 226 Å². The predicted molar refractivity (Wildman–Crippen MR) is 306 cm³/mol. The molecule has 0 aromatic heterocycles. The maximum atomic E-state index is 12.8. The molecule has 0 saturated heterocycles. The average Bonchev–Trinajstić information content (AvgIpc) is 3.36. The van der Waals surface area contributed by atoms with Gasteiger partial charge in [-0.15, -0.1) is 0 Å². The van der Waals surface area contributed by atoms with Crippen LogP contribution >= 0.6 is 0 Å². The molecule has 394 valence electrons. The summed E-state index contributed by atoms with van der Waals surface area (Å²) in [5.41, 5.74) is 0. The van der Waals surface area contributed by atoms with Crippen molar-refractivity contribution >= 4 is 11.9 Å². The third kappa shape index (κ3) is 56.4. The molecular weight excluding hydrogens is 861 g/mol. The summed E-state index contributed by atoms with van der Waals surface area (Å²) in [5.74, 6) is -0.571. The summed E-state index contributed by atoms with van der Waals surface area (Å²) in [7, 11) is 0. The number of carbonyl (C=O) groups is 2. The zero-order valence-corrected chi connectivity index (χ0v) is 45.2. The van der Waals surface area contributed by atoms with Crippen LogP contribution in [0.2, 0.25) is 0 Å². The molecule has 70 heavy (non-hydrogen) atoms. The predicted octanol–water partition coefficient (Wildman–Crippen LogP) is 19.7. The van der Waals surface area contributed by atoms with E-state index in [1.165, 1.54) is 89.9 Å². The minimum atomic E-state index is -0.610. The van der Waals surface area contributed by atoms with E-state index in [1.807, 2.05) is 6.08 Å². The molecule has 1 unspecified atom stereocenters. The second-order valence-electron chi connectivity index (χ2n) is 18.1. The summed E-state index contributed by atoms with van der Waals surface area (Å²) in [6.07, 6.45) is 86.0. The van der Waals surface area contributed by atoms with Crippen LogP contribution in [-0.4, -0.2) is 37.9 Å². The van der Waals surface area contributed by atoms with E-state index in [1.54, 1.807) is 0 Å². The van der Waals surface area contributed by atoms with Gasteiger partial charge in [0.2, 0.25) is 0 Å². The van der Waals surface area contributed by atoms with Gasteiger partial charge in [-0.1, -0.05) is 237 Å². The van der Waals surface area contributed by atoms with Crippen molar-refractivity contribution in [2.75, 3.05) is 19.8 Å². The first-order valence-corrected chi connectivity index (χ1v) is 28.4. The largest absolute Gasteiger partial charge is 0.462 e. The summed E-state index contributed by atoms with van der Waals surface area (Å²) in [6.45, 7) is 7.44. The Labute approximate surface area is 431 Å². The molecule has 0 amide bonds. The van der Waals surface area contributed by atoms with Crippen molar-refractivity contribution in [3.8, 4) is 0 Å². The standard InChI is InChI=1S/C65H104O5/c1-4-7-10-13-16-19-22-25-28-31-33-35-37-40-43-46-49-52-55-58-64(66)69-62-63(61-68-60-57-54-51-48-45-42-39-36-32-29-26-23-20-17-14-11-8-5-2)70-65(67)59-56-53-50-47-44-41-38-34-30-27-24-21-18-15-12-9-6-3/h7,9-10,12,16,18-19,21,25-30,33,35,38,40-41,43,47,49-50,52,63H,4-6,8,11,13-15,17,20,22-24,31-32,34,36-37,39,42,44-46,48,51,53-62H2,1-3H3/b10-7-,12-9-,19-16-,21-18-,28-25-,29-26-,30-27-,35-33-,41-38-,43-40-,50-47-,52-49-. The Morgan fingerprint density at radius 3 is 1.10 bits per heavy atom. The second-order valence-corrected chi connectivity index (χ2v) is 18.1. The molecule has 0 fully saturated rings. The molecule has 5 heteroatoms. The first-order chi connectivity index (χ1) is 34.6. The van der Waals surface area contributed by atoms with Crippen LogP contribution in [0.4, 0.5) is 0 Å². The van der Waals surface area contributed by atoms with Crippen LogP contribution in [0.25, 0.3) is 0 Å². The fourth-order valence-electron chi connectivity index (χ4n) is 7.21. The van der Waals surface area contributed by atoms with Crippen molar-refractivity contribution in [1.29, 1.82) is 0 Å². The molecule has 5 nitrogen and oxygen atoms in total. The van der Waals surface area contributed by atoms with Gasteiger partial charge in [-0.2, -0.15) is 0 Å². The highest BCUT2D eigenvalue weighted by molar-refractivity contribution is 5.70. The number of ether oxygens (including phenoxy) is 3. The third-order valence-electron chi connectivity index (χ3n) is 11.4. The summed E-state index contributed by atoms with van der Waals surface area (Å²) < 4.78 is 17.3. The first-order valence-electron chi connectivity index (χ1n) is 28.4. The van der Waals surface area contributed by atoms with Crippen LogP contribution in [0.3, 0.4) is 0 Å². The fraction of sp³-hybridized carbons (Fsp3) is 0.600. The Morgan fingerprint density at radius 1 is 0.329 bits per heavy atom. The fourth-order valence-corrected chi connectivity index (χ4v) is 7.21. The van der Waals surface area contributed by atoms with Gasteiger partial charge in [0.05, 0.1) is 6.61 Å². The van der Waals surface area contributed by atoms with Crippen molar-refractivity contribution in [2.45, 2.75) is 232 Å². The van der Waals surface area contributed by atoms with Crippen LogP contribution in [-0.2, 0) is 23.8 Å². The SMILES string of the molecule is CC/C=C\C/C=C\C/C=C\C/C=C\C/C=C\C/C=C\CCC(=O)OCC(COCCCCCCCCCC/C=C\CCCCCCCC)OC(=O)CCC/C=C\C/C=C\C/C=C\C/C=C\C/C=C\CC. The monoisotopic (exact) mass is 965 g/mol. The van der Waals surface area contributed by atoms with Crippen molar-refractivity contribution in [3.63, 3.8) is 0 Å². The number of esters is 2. The molecule has 0 N–H and O–H groups in total. The van der Waals surface area contributed by atoms with E-state index >= 15 is 0 Å². The van der Waals surface area contributed by atoms with Crippen LogP contribution < -0.4 is 0 Å². The lowest BCUT2D eigenvalue weighted by Crippen LogP contribution is -2.30. The topological polar surface area (TPSA) is 61.8 Å². The van der Waals surface area contributed by atoms with Crippen LogP contribution in [0.5, 0.6) is 0 Å². The van der Waals surface area contributed by atoms with Crippen LogP contribution in [0.15, 0.2) is 146 Å². The van der Waals surface area contributed by atoms with Crippen LogP contribution in [0, 0.1) is 0 Å². The van der Waals surface area contributed by atoms with Crippen molar-refractivity contribution in [1.82, 2.24) is 0 Å². The highest BCUT2D eigenvalue weighted by Gasteiger charge is 2.17. The Balaban J connectivity index is 4.51. The van der Waals surface area contributed by atoms with Gasteiger partial charge in [0.1, 0.15) is 6.61 Å². The van der Waals surface area contributed by atoms with E-state index in [0.717, 1.165) is 89.9 Å². The maximum absolute atomic E-state index is 12.8. The highest BCUT2D eigenvalue weighted by Crippen LogP contribution is 2.12. The van der Waals surface area contributed by atoms with Gasteiger partial charge in [0.15, 0.2) is 6.10 Å². The number of allylic oxidation sites excluding steroid dienone is 24. The quantitative estimate of drug-likeness (QED) is 0.0345. The Bertz CT molecular complexity index is 1510. The molecule has 1 atom stereocenters. The molecule has 0 rings (SSSR count). The van der Waals surface area contributed by atoms with E-state index in [9.17, 15) is 9.59 Å². The van der Waals surface area contributed by atoms with Gasteiger partial charge in [0, 0.05) is 19.4 Å². The maximum Gasteiger partial charge on any atom is 0.306 e. The van der Waals surface area contributed by atoms with E-state index in [2.05, 4.69) is 161 Å². The van der Waals surface area contributed by atoms with Gasteiger partial charge < -0.3 is 14.2 Å². The number of hydrogen-bond acceptors (Lipinski definition) is 5. The highest BCUT2D eigenvalue weighted by atomic mass is 16.6. The van der Waals surface area contributed by atoms with E-state index in [4.69, 9.17) is 14.2 Å². The third-order valence-corrected chi connectivity index (χ3v) is 11.4. The van der Waals surface area contributed by atoms with Crippen molar-refractivity contribution in [3.05, 3.63) is 146 Å². The smallest absolute Gasteiger partial charge is 0.306 e. The lowest BCUT2D eigenvalue weighted by Gasteiger charge is -2.18. The van der Waals surface area contributed by atoms with Gasteiger partial charge in [-0.3, -0.25) is 9.59 Å². The van der Waals surface area contributed by atoms with Crippen molar-refractivity contribution < 1.29 is 23.8 Å². The van der Waals surface area contributed by atoms with Gasteiger partial charge in [-0.05, 0) is 122 Å². The minimum absolute atomic E-state index is 0.0119.